The molecule has 1 atom stereocenters. The number of nitrogens with zero attached hydrogens (tertiary/aromatic N) is 1. The molecule has 2 rings (SSSR count). The summed E-state index contributed by atoms with van der Waals surface area (Å²) in [7, 11) is -2.32. The molecule has 0 aromatic heterocycles. The molecule has 1 fully saturated rings. The van der Waals surface area contributed by atoms with Gasteiger partial charge in [0.15, 0.2) is 0 Å². The van der Waals surface area contributed by atoms with Gasteiger partial charge in [0.2, 0.25) is 15.9 Å². The van der Waals surface area contributed by atoms with Crippen LogP contribution >= 0.6 is 0 Å². The molecule has 8 heteroatoms. The number of amides is 1. The van der Waals surface area contributed by atoms with E-state index in [0.717, 1.165) is 6.07 Å². The molecule has 2 N–H and O–H groups in total. The lowest BCUT2D eigenvalue weighted by Gasteiger charge is -2.13. The third kappa shape index (κ3) is 2.81. The van der Waals surface area contributed by atoms with Crippen LogP contribution in [-0.2, 0) is 14.8 Å². The van der Waals surface area contributed by atoms with Crippen molar-refractivity contribution in [1.29, 1.82) is 0 Å². The van der Waals surface area contributed by atoms with Gasteiger partial charge in [-0.3, -0.25) is 4.79 Å². The maximum absolute atomic E-state index is 12.1. The average molecular weight is 298 g/mol. The third-order valence-electron chi connectivity index (χ3n) is 3.12. The van der Waals surface area contributed by atoms with Crippen LogP contribution in [0.2, 0.25) is 0 Å². The maximum Gasteiger partial charge on any atom is 0.335 e. The fourth-order valence-corrected chi connectivity index (χ4v) is 3.25. The standard InChI is InChI=1S/C12H14N2O5S/c1-14-6-5-10(11(14)15)13-20(18,19)9-4-2-3-8(7-9)12(16)17/h2-4,7,10,13H,5-6H2,1H3,(H,16,17). The summed E-state index contributed by atoms with van der Waals surface area (Å²) < 4.78 is 26.6. The van der Waals surface area contributed by atoms with Crippen molar-refractivity contribution in [2.45, 2.75) is 17.4 Å². The fourth-order valence-electron chi connectivity index (χ4n) is 1.98. The Balaban J connectivity index is 2.25. The zero-order valence-electron chi connectivity index (χ0n) is 10.7. The molecule has 0 radical (unpaired) electrons. The summed E-state index contributed by atoms with van der Waals surface area (Å²) in [5.41, 5.74) is -0.122. The number of hydrogen-bond donors (Lipinski definition) is 2. The summed E-state index contributed by atoms with van der Waals surface area (Å²) in [5, 5.41) is 8.86. The first kappa shape index (κ1) is 14.5. The van der Waals surface area contributed by atoms with Gasteiger partial charge in [0.25, 0.3) is 0 Å². The highest BCUT2D eigenvalue weighted by Gasteiger charge is 2.33. The molecular formula is C12H14N2O5S. The van der Waals surface area contributed by atoms with E-state index in [0.29, 0.717) is 13.0 Å². The van der Waals surface area contributed by atoms with E-state index in [2.05, 4.69) is 4.72 Å². The number of carbonyl (C=O) groups excluding carboxylic acids is 1. The zero-order valence-corrected chi connectivity index (χ0v) is 11.6. The minimum atomic E-state index is -3.92. The van der Waals surface area contributed by atoms with E-state index in [1.165, 1.54) is 23.1 Å². The monoisotopic (exact) mass is 298 g/mol. The van der Waals surface area contributed by atoms with Crippen LogP contribution in [0.3, 0.4) is 0 Å². The Hall–Kier alpha value is -1.93. The molecule has 1 aliphatic heterocycles. The summed E-state index contributed by atoms with van der Waals surface area (Å²) in [6.45, 7) is 0.487. The molecule has 0 spiro atoms. The molecular weight excluding hydrogens is 284 g/mol. The van der Waals surface area contributed by atoms with E-state index in [4.69, 9.17) is 5.11 Å². The van der Waals surface area contributed by atoms with Crippen molar-refractivity contribution in [1.82, 2.24) is 9.62 Å². The van der Waals surface area contributed by atoms with Gasteiger partial charge in [0, 0.05) is 13.6 Å². The second-order valence-electron chi connectivity index (χ2n) is 4.56. The summed E-state index contributed by atoms with van der Waals surface area (Å²) in [4.78, 5) is 23.8. The molecule has 20 heavy (non-hydrogen) atoms. The van der Waals surface area contributed by atoms with Crippen molar-refractivity contribution in [3.05, 3.63) is 29.8 Å². The first-order chi connectivity index (χ1) is 9.31. The summed E-state index contributed by atoms with van der Waals surface area (Å²) >= 11 is 0. The van der Waals surface area contributed by atoms with Crippen LogP contribution in [0.25, 0.3) is 0 Å². The Morgan fingerprint density at radius 1 is 1.45 bits per heavy atom. The molecule has 1 heterocycles. The molecule has 0 aliphatic carbocycles. The Morgan fingerprint density at radius 2 is 2.15 bits per heavy atom. The van der Waals surface area contributed by atoms with E-state index >= 15 is 0 Å². The number of carboxylic acids is 1. The lowest BCUT2D eigenvalue weighted by molar-refractivity contribution is -0.127. The topological polar surface area (TPSA) is 104 Å². The molecule has 1 aromatic carbocycles. The van der Waals surface area contributed by atoms with E-state index in [1.807, 2.05) is 0 Å². The number of carbonyl (C=O) groups is 2. The van der Waals surface area contributed by atoms with Crippen LogP contribution in [0.1, 0.15) is 16.8 Å². The van der Waals surface area contributed by atoms with Gasteiger partial charge < -0.3 is 10.0 Å². The van der Waals surface area contributed by atoms with Crippen LogP contribution in [0.15, 0.2) is 29.2 Å². The fraction of sp³-hybridized carbons (Fsp3) is 0.333. The quantitative estimate of drug-likeness (QED) is 0.807. The van der Waals surface area contributed by atoms with Gasteiger partial charge in [-0.05, 0) is 24.6 Å². The number of likely N-dealkylation sites (N-methyl/N-ethyl adjacent to an activating group) is 1. The molecule has 1 unspecified atom stereocenters. The van der Waals surface area contributed by atoms with Gasteiger partial charge in [-0.25, -0.2) is 13.2 Å². The molecule has 1 aromatic rings. The summed E-state index contributed by atoms with van der Waals surface area (Å²) in [6, 6.07) is 4.21. The molecule has 1 aliphatic rings. The van der Waals surface area contributed by atoms with Crippen LogP contribution in [0, 0.1) is 0 Å². The van der Waals surface area contributed by atoms with E-state index in [-0.39, 0.29) is 16.4 Å². The van der Waals surface area contributed by atoms with Gasteiger partial charge in [-0.2, -0.15) is 4.72 Å². The van der Waals surface area contributed by atoms with E-state index in [9.17, 15) is 18.0 Å². The van der Waals surface area contributed by atoms with Gasteiger partial charge in [-0.15, -0.1) is 0 Å². The number of likely N-dealkylation sites (tertiary alicyclic amines) is 1. The number of nitrogens with one attached hydrogen (secondary N) is 1. The van der Waals surface area contributed by atoms with Gasteiger partial charge in [0.05, 0.1) is 10.5 Å². The minimum Gasteiger partial charge on any atom is -0.478 e. The molecule has 0 bridgehead atoms. The van der Waals surface area contributed by atoms with Crippen molar-refractivity contribution in [2.24, 2.45) is 0 Å². The maximum atomic E-state index is 12.1. The summed E-state index contributed by atoms with van der Waals surface area (Å²) in [5.74, 6) is -1.50. The first-order valence-corrected chi connectivity index (χ1v) is 7.40. The largest absolute Gasteiger partial charge is 0.478 e. The number of aromatic carboxylic acids is 1. The van der Waals surface area contributed by atoms with Gasteiger partial charge >= 0.3 is 5.97 Å². The Bertz CT molecular complexity index is 656. The molecule has 1 amide bonds. The number of carboxylic acid groups (broad SMARTS) is 1. The normalized spacial score (nSPS) is 19.4. The van der Waals surface area contributed by atoms with E-state index < -0.39 is 22.0 Å². The molecule has 0 saturated carbocycles. The van der Waals surface area contributed by atoms with Crippen molar-refractivity contribution < 1.29 is 23.1 Å². The van der Waals surface area contributed by atoms with Gasteiger partial charge in [0.1, 0.15) is 6.04 Å². The predicted octanol–water partition coefficient (Wildman–Crippen LogP) is -0.106. The SMILES string of the molecule is CN1CCC(NS(=O)(=O)c2cccc(C(=O)O)c2)C1=O. The summed E-state index contributed by atoms with van der Waals surface area (Å²) in [6.07, 6.45) is 0.396. The third-order valence-corrected chi connectivity index (χ3v) is 4.59. The predicted molar refractivity (Wildman–Crippen MR) is 69.8 cm³/mol. The number of hydrogen-bond acceptors (Lipinski definition) is 4. The van der Waals surface area contributed by atoms with E-state index in [1.54, 1.807) is 7.05 Å². The Morgan fingerprint density at radius 3 is 2.70 bits per heavy atom. The highest BCUT2D eigenvalue weighted by atomic mass is 32.2. The minimum absolute atomic E-state index is 0.122. The Labute approximate surface area is 116 Å². The zero-order chi connectivity index (χ0) is 14.9. The molecule has 1 saturated heterocycles. The van der Waals surface area contributed by atoms with Crippen molar-refractivity contribution >= 4 is 21.9 Å². The highest BCUT2D eigenvalue weighted by Crippen LogP contribution is 2.15. The number of rotatable bonds is 4. The lowest BCUT2D eigenvalue weighted by Crippen LogP contribution is -2.40. The van der Waals surface area contributed by atoms with Crippen LogP contribution in [-0.4, -0.2) is 49.9 Å². The number of benzene rings is 1. The second kappa shape index (κ2) is 5.22. The van der Waals surface area contributed by atoms with Crippen molar-refractivity contribution in [2.75, 3.05) is 13.6 Å². The van der Waals surface area contributed by atoms with Crippen LogP contribution in [0.5, 0.6) is 0 Å². The van der Waals surface area contributed by atoms with Crippen molar-refractivity contribution in [3.8, 4) is 0 Å². The van der Waals surface area contributed by atoms with Gasteiger partial charge in [-0.1, -0.05) is 6.07 Å². The first-order valence-electron chi connectivity index (χ1n) is 5.92. The van der Waals surface area contributed by atoms with Crippen molar-refractivity contribution in [3.63, 3.8) is 0 Å². The molecule has 108 valence electrons. The highest BCUT2D eigenvalue weighted by molar-refractivity contribution is 7.89. The Kier molecular flexibility index (Phi) is 3.78. The second-order valence-corrected chi connectivity index (χ2v) is 6.27. The smallest absolute Gasteiger partial charge is 0.335 e. The van der Waals surface area contributed by atoms with Crippen LogP contribution in [0.4, 0.5) is 0 Å². The molecule has 7 nitrogen and oxygen atoms in total. The van der Waals surface area contributed by atoms with Crippen LogP contribution < -0.4 is 4.72 Å². The average Bonchev–Trinajstić information content (AvgIpc) is 2.70. The number of sulfonamides is 1. The lowest BCUT2D eigenvalue weighted by atomic mass is 10.2.